The smallest absolute Gasteiger partial charge is 0.00425 e. The largest absolute Gasteiger partial charge is 0.0930 e. The third-order valence-corrected chi connectivity index (χ3v) is 1.79. The van der Waals surface area contributed by atoms with Crippen molar-refractivity contribution in [3.63, 3.8) is 0 Å². The number of rotatable bonds is 2. The summed E-state index contributed by atoms with van der Waals surface area (Å²) in [5.74, 6) is 0. The first-order chi connectivity index (χ1) is 5.84. The Morgan fingerprint density at radius 1 is 1.25 bits per heavy atom. The van der Waals surface area contributed by atoms with Crippen LogP contribution in [0.2, 0.25) is 0 Å². The van der Waals surface area contributed by atoms with Crippen LogP contribution in [0.15, 0.2) is 48.0 Å². The van der Waals surface area contributed by atoms with Crippen molar-refractivity contribution in [3.8, 4) is 0 Å². The summed E-state index contributed by atoms with van der Waals surface area (Å²) in [6.07, 6.45) is 3.81. The van der Waals surface area contributed by atoms with E-state index in [-0.39, 0.29) is 0 Å². The molecular formula is C11H11Cl. The van der Waals surface area contributed by atoms with Crippen LogP contribution < -0.4 is 0 Å². The number of hydrogen-bond acceptors (Lipinski definition) is 0. The maximum atomic E-state index is 5.41. The molecule has 0 N–H and O–H groups in total. The van der Waals surface area contributed by atoms with Gasteiger partial charge in [-0.25, -0.2) is 0 Å². The average molecular weight is 179 g/mol. The molecule has 0 aromatic heterocycles. The number of halogens is 1. The van der Waals surface area contributed by atoms with Gasteiger partial charge in [-0.2, -0.15) is 0 Å². The Kier molecular flexibility index (Phi) is 3.62. The van der Waals surface area contributed by atoms with Gasteiger partial charge in [0.05, 0.1) is 0 Å². The van der Waals surface area contributed by atoms with E-state index in [0.717, 1.165) is 0 Å². The fourth-order valence-electron chi connectivity index (χ4n) is 0.978. The molecule has 12 heavy (non-hydrogen) atoms. The molecule has 0 aliphatic rings. The van der Waals surface area contributed by atoms with Crippen LogP contribution in [0.25, 0.3) is 5.57 Å². The number of hydrogen-bond donors (Lipinski definition) is 0. The molecule has 1 aromatic rings. The van der Waals surface area contributed by atoms with Gasteiger partial charge in [-0.3, -0.25) is 0 Å². The summed E-state index contributed by atoms with van der Waals surface area (Å²) in [7, 11) is 0. The first-order valence-electron chi connectivity index (χ1n) is 3.83. The highest BCUT2D eigenvalue weighted by atomic mass is 35.5. The average Bonchev–Trinajstić information content (AvgIpc) is 2.15. The summed E-state index contributed by atoms with van der Waals surface area (Å²) in [6, 6.07) is 10.2. The van der Waals surface area contributed by atoms with E-state index in [1.807, 2.05) is 30.4 Å². The molecule has 0 aliphatic carbocycles. The van der Waals surface area contributed by atoms with Gasteiger partial charge >= 0.3 is 0 Å². The third kappa shape index (κ3) is 2.55. The first-order valence-corrected chi connectivity index (χ1v) is 4.27. The highest BCUT2D eigenvalue weighted by molar-refractivity contribution is 6.25. The topological polar surface area (TPSA) is 0 Å². The van der Waals surface area contributed by atoms with Crippen molar-refractivity contribution in [3.05, 3.63) is 53.6 Å². The van der Waals surface area contributed by atoms with Gasteiger partial charge in [-0.05, 0) is 18.1 Å². The second-order valence-electron chi connectivity index (χ2n) is 2.53. The predicted molar refractivity (Wildman–Crippen MR) is 55.1 cm³/mol. The van der Waals surface area contributed by atoms with E-state index in [9.17, 15) is 0 Å². The van der Waals surface area contributed by atoms with E-state index in [2.05, 4.69) is 19.1 Å². The molecule has 0 amide bonds. The molecule has 0 fully saturated rings. The Hall–Kier alpha value is -1.01. The van der Waals surface area contributed by atoms with E-state index in [1.165, 1.54) is 16.7 Å². The molecular weight excluding hydrogens is 168 g/mol. The standard InChI is InChI=1S/C11H11Cl/c1-10(6-5-9-12)11-7-3-2-4-8-11/h2-9H,1H3/b9-5+,10-6-. The summed E-state index contributed by atoms with van der Waals surface area (Å²) in [4.78, 5) is 0. The van der Waals surface area contributed by atoms with Crippen LogP contribution in [0.3, 0.4) is 0 Å². The van der Waals surface area contributed by atoms with Gasteiger partial charge in [0.2, 0.25) is 0 Å². The van der Waals surface area contributed by atoms with Crippen molar-refractivity contribution in [2.75, 3.05) is 0 Å². The maximum Gasteiger partial charge on any atom is 0.00425 e. The lowest BCUT2D eigenvalue weighted by atomic mass is 10.1. The number of allylic oxidation sites excluding steroid dienone is 3. The van der Waals surface area contributed by atoms with Crippen LogP contribution in [0.5, 0.6) is 0 Å². The van der Waals surface area contributed by atoms with Gasteiger partial charge in [-0.15, -0.1) is 0 Å². The summed E-state index contributed by atoms with van der Waals surface area (Å²) < 4.78 is 0. The Labute approximate surface area is 78.2 Å². The van der Waals surface area contributed by atoms with Crippen molar-refractivity contribution < 1.29 is 0 Å². The summed E-state index contributed by atoms with van der Waals surface area (Å²) in [6.45, 7) is 2.06. The molecule has 0 saturated carbocycles. The summed E-state index contributed by atoms with van der Waals surface area (Å²) >= 11 is 5.41. The molecule has 1 rings (SSSR count). The van der Waals surface area contributed by atoms with Gasteiger partial charge < -0.3 is 0 Å². The Balaban J connectivity index is 2.85. The lowest BCUT2D eigenvalue weighted by Crippen LogP contribution is -1.75. The van der Waals surface area contributed by atoms with Crippen molar-refractivity contribution in [1.82, 2.24) is 0 Å². The quantitative estimate of drug-likeness (QED) is 0.604. The fourth-order valence-corrected chi connectivity index (χ4v) is 1.05. The monoisotopic (exact) mass is 178 g/mol. The highest BCUT2D eigenvalue weighted by Crippen LogP contribution is 2.12. The van der Waals surface area contributed by atoms with Gasteiger partial charge in [0.25, 0.3) is 0 Å². The zero-order chi connectivity index (χ0) is 8.81. The molecule has 0 radical (unpaired) electrons. The van der Waals surface area contributed by atoms with E-state index < -0.39 is 0 Å². The van der Waals surface area contributed by atoms with Crippen molar-refractivity contribution in [2.45, 2.75) is 6.92 Å². The van der Waals surface area contributed by atoms with Crippen LogP contribution in [0.1, 0.15) is 12.5 Å². The minimum atomic E-state index is 1.22. The Bertz CT molecular complexity index is 283. The molecule has 0 unspecified atom stereocenters. The van der Waals surface area contributed by atoms with E-state index in [4.69, 9.17) is 11.6 Å². The Morgan fingerprint density at radius 2 is 1.92 bits per heavy atom. The normalized spacial score (nSPS) is 12.3. The number of benzene rings is 1. The summed E-state index contributed by atoms with van der Waals surface area (Å²) in [5, 5.41) is 0. The molecule has 0 atom stereocenters. The molecule has 0 bridgehead atoms. The van der Waals surface area contributed by atoms with Crippen LogP contribution in [0, 0.1) is 0 Å². The van der Waals surface area contributed by atoms with Gasteiger partial charge in [-0.1, -0.05) is 54.1 Å². The Morgan fingerprint density at radius 3 is 2.50 bits per heavy atom. The predicted octanol–water partition coefficient (Wildman–Crippen LogP) is 3.84. The van der Waals surface area contributed by atoms with Crippen LogP contribution in [-0.2, 0) is 0 Å². The van der Waals surface area contributed by atoms with Crippen molar-refractivity contribution in [1.29, 1.82) is 0 Å². The van der Waals surface area contributed by atoms with Crippen LogP contribution in [0.4, 0.5) is 0 Å². The second-order valence-corrected chi connectivity index (χ2v) is 2.79. The second kappa shape index (κ2) is 4.78. The molecule has 0 spiro atoms. The van der Waals surface area contributed by atoms with E-state index in [1.54, 1.807) is 0 Å². The van der Waals surface area contributed by atoms with E-state index in [0.29, 0.717) is 0 Å². The zero-order valence-corrected chi connectivity index (χ0v) is 7.75. The molecule has 0 heterocycles. The molecule has 1 heteroatoms. The minimum Gasteiger partial charge on any atom is -0.0930 e. The van der Waals surface area contributed by atoms with Crippen molar-refractivity contribution in [2.24, 2.45) is 0 Å². The fraction of sp³-hybridized carbons (Fsp3) is 0.0909. The molecule has 0 nitrogen and oxygen atoms in total. The first kappa shape index (κ1) is 9.08. The SMILES string of the molecule is C/C(=C/C=C/Cl)c1ccccc1. The maximum absolute atomic E-state index is 5.41. The van der Waals surface area contributed by atoms with Crippen LogP contribution >= 0.6 is 11.6 Å². The van der Waals surface area contributed by atoms with Gasteiger partial charge in [0.15, 0.2) is 0 Å². The lowest BCUT2D eigenvalue weighted by molar-refractivity contribution is 1.57. The molecule has 1 aromatic carbocycles. The summed E-state index contributed by atoms with van der Waals surface area (Å²) in [5.41, 5.74) is 3.95. The van der Waals surface area contributed by atoms with Crippen molar-refractivity contribution >= 4 is 17.2 Å². The third-order valence-electron chi connectivity index (χ3n) is 1.65. The molecule has 62 valence electrons. The minimum absolute atomic E-state index is 1.22. The highest BCUT2D eigenvalue weighted by Gasteiger charge is 1.89. The van der Waals surface area contributed by atoms with Crippen LogP contribution in [-0.4, -0.2) is 0 Å². The molecule has 0 saturated heterocycles. The van der Waals surface area contributed by atoms with Gasteiger partial charge in [0.1, 0.15) is 0 Å². The zero-order valence-electron chi connectivity index (χ0n) is 7.00. The van der Waals surface area contributed by atoms with E-state index >= 15 is 0 Å². The lowest BCUT2D eigenvalue weighted by Gasteiger charge is -1.97. The molecule has 0 aliphatic heterocycles. The van der Waals surface area contributed by atoms with Gasteiger partial charge in [0, 0.05) is 5.54 Å².